The first-order valence-corrected chi connectivity index (χ1v) is 3.88. The van der Waals surface area contributed by atoms with Crippen LogP contribution in [0.2, 0.25) is 0 Å². The van der Waals surface area contributed by atoms with Gasteiger partial charge in [0.15, 0.2) is 0 Å². The number of aromatic nitrogens is 2. The Hall–Kier alpha value is -0.570. The molecule has 0 amide bonds. The normalized spacial score (nSPS) is 9.56. The second kappa shape index (κ2) is 2.82. The number of rotatable bonds is 1. The molecule has 0 bridgehead atoms. The van der Waals surface area contributed by atoms with Gasteiger partial charge in [-0.2, -0.15) is 0 Å². The van der Waals surface area contributed by atoms with Crippen molar-refractivity contribution in [3.8, 4) is 0 Å². The summed E-state index contributed by atoms with van der Waals surface area (Å²) >= 11 is 1.63. The van der Waals surface area contributed by atoms with Crippen LogP contribution in [0.5, 0.6) is 0 Å². The van der Waals surface area contributed by atoms with E-state index in [0.717, 1.165) is 10.7 Å². The van der Waals surface area contributed by atoms with Gasteiger partial charge < -0.3 is 0 Å². The minimum atomic E-state index is 1.02. The van der Waals surface area contributed by atoms with E-state index in [4.69, 9.17) is 0 Å². The van der Waals surface area contributed by atoms with Gasteiger partial charge in [0.1, 0.15) is 6.33 Å². The highest BCUT2D eigenvalue weighted by atomic mass is 32.2. The van der Waals surface area contributed by atoms with Crippen LogP contribution in [-0.2, 0) is 0 Å². The van der Waals surface area contributed by atoms with Crippen molar-refractivity contribution in [2.75, 3.05) is 6.26 Å². The zero-order valence-corrected chi connectivity index (χ0v) is 6.27. The van der Waals surface area contributed by atoms with Crippen LogP contribution in [0, 0.1) is 6.92 Å². The van der Waals surface area contributed by atoms with Crippen molar-refractivity contribution < 1.29 is 0 Å². The van der Waals surface area contributed by atoms with Gasteiger partial charge in [-0.1, -0.05) is 0 Å². The molecule has 0 aromatic carbocycles. The second-order valence-electron chi connectivity index (χ2n) is 1.70. The lowest BCUT2D eigenvalue weighted by Gasteiger charge is -1.92. The molecule has 9 heavy (non-hydrogen) atoms. The van der Waals surface area contributed by atoms with Crippen LogP contribution in [0.3, 0.4) is 0 Å². The van der Waals surface area contributed by atoms with Crippen molar-refractivity contribution in [1.82, 2.24) is 9.97 Å². The molecule has 0 radical (unpaired) electrons. The van der Waals surface area contributed by atoms with Crippen molar-refractivity contribution in [1.29, 1.82) is 0 Å². The molecule has 1 aromatic heterocycles. The van der Waals surface area contributed by atoms with Crippen LogP contribution in [0.25, 0.3) is 0 Å². The van der Waals surface area contributed by atoms with Gasteiger partial charge in [-0.15, -0.1) is 11.8 Å². The maximum atomic E-state index is 4.01. The SMILES string of the molecule is CSc1cc(C)ncn1. The van der Waals surface area contributed by atoms with Gasteiger partial charge in [0.05, 0.1) is 5.03 Å². The van der Waals surface area contributed by atoms with Crippen molar-refractivity contribution in [2.24, 2.45) is 0 Å². The number of thioether (sulfide) groups is 1. The van der Waals surface area contributed by atoms with Gasteiger partial charge in [0.2, 0.25) is 0 Å². The van der Waals surface area contributed by atoms with Crippen molar-refractivity contribution >= 4 is 11.8 Å². The summed E-state index contributed by atoms with van der Waals surface area (Å²) < 4.78 is 0. The van der Waals surface area contributed by atoms with Crippen LogP contribution in [-0.4, -0.2) is 16.2 Å². The summed E-state index contributed by atoms with van der Waals surface area (Å²) in [6, 6.07) is 1.96. The standard InChI is InChI=1S/C6H8N2S/c1-5-3-6(9-2)8-4-7-5/h3-4H,1-2H3. The predicted molar refractivity (Wildman–Crippen MR) is 38.6 cm³/mol. The first kappa shape index (κ1) is 6.55. The van der Waals surface area contributed by atoms with E-state index in [1.54, 1.807) is 18.1 Å². The van der Waals surface area contributed by atoms with Gasteiger partial charge in [-0.05, 0) is 19.2 Å². The van der Waals surface area contributed by atoms with E-state index >= 15 is 0 Å². The third-order valence-electron chi connectivity index (χ3n) is 0.988. The molecule has 0 N–H and O–H groups in total. The molecule has 3 heteroatoms. The number of aryl methyl sites for hydroxylation is 1. The molecule has 0 aliphatic rings. The largest absolute Gasteiger partial charge is 0.242 e. The van der Waals surface area contributed by atoms with Crippen LogP contribution in [0.15, 0.2) is 17.4 Å². The van der Waals surface area contributed by atoms with Crippen molar-refractivity contribution in [3.05, 3.63) is 18.1 Å². The fourth-order valence-electron chi connectivity index (χ4n) is 0.542. The molecule has 0 aliphatic heterocycles. The number of hydrogen-bond acceptors (Lipinski definition) is 3. The Balaban J connectivity index is 2.94. The molecule has 0 unspecified atom stereocenters. The Morgan fingerprint density at radius 3 is 2.67 bits per heavy atom. The van der Waals surface area contributed by atoms with E-state index in [0.29, 0.717) is 0 Å². The topological polar surface area (TPSA) is 25.8 Å². The van der Waals surface area contributed by atoms with E-state index in [1.165, 1.54) is 0 Å². The summed E-state index contributed by atoms with van der Waals surface area (Å²) in [7, 11) is 0. The van der Waals surface area contributed by atoms with Gasteiger partial charge in [-0.3, -0.25) is 0 Å². The summed E-state index contributed by atoms with van der Waals surface area (Å²) in [4.78, 5) is 7.97. The average molecular weight is 140 g/mol. The Bertz CT molecular complexity index is 200. The molecule has 48 valence electrons. The van der Waals surface area contributed by atoms with Crippen LogP contribution < -0.4 is 0 Å². The highest BCUT2D eigenvalue weighted by Crippen LogP contribution is 2.09. The first-order valence-electron chi connectivity index (χ1n) is 2.65. The maximum Gasteiger partial charge on any atom is 0.116 e. The molecular weight excluding hydrogens is 132 g/mol. The third kappa shape index (κ3) is 1.68. The zero-order valence-electron chi connectivity index (χ0n) is 5.46. The van der Waals surface area contributed by atoms with Crippen LogP contribution >= 0.6 is 11.8 Å². The Morgan fingerprint density at radius 2 is 2.22 bits per heavy atom. The lowest BCUT2D eigenvalue weighted by molar-refractivity contribution is 1.01. The molecule has 1 rings (SSSR count). The summed E-state index contributed by atoms with van der Waals surface area (Å²) in [5, 5.41) is 1.03. The summed E-state index contributed by atoms with van der Waals surface area (Å²) in [6.07, 6.45) is 3.59. The molecule has 1 heterocycles. The minimum absolute atomic E-state index is 1.02. The molecule has 2 nitrogen and oxygen atoms in total. The van der Waals surface area contributed by atoms with E-state index in [2.05, 4.69) is 9.97 Å². The number of nitrogens with zero attached hydrogens (tertiary/aromatic N) is 2. The van der Waals surface area contributed by atoms with Crippen LogP contribution in [0.1, 0.15) is 5.69 Å². The van der Waals surface area contributed by atoms with Crippen molar-refractivity contribution in [3.63, 3.8) is 0 Å². The van der Waals surface area contributed by atoms with Gasteiger partial charge in [0, 0.05) is 5.69 Å². The maximum absolute atomic E-state index is 4.01. The van der Waals surface area contributed by atoms with Crippen LogP contribution in [0.4, 0.5) is 0 Å². The molecule has 0 saturated carbocycles. The third-order valence-corrected chi connectivity index (χ3v) is 1.63. The molecule has 0 saturated heterocycles. The predicted octanol–water partition coefficient (Wildman–Crippen LogP) is 1.51. The molecule has 1 aromatic rings. The quantitative estimate of drug-likeness (QED) is 0.437. The first-order chi connectivity index (χ1) is 4.33. The monoisotopic (exact) mass is 140 g/mol. The summed E-state index contributed by atoms with van der Waals surface area (Å²) in [5.41, 5.74) is 1.02. The molecule has 0 atom stereocenters. The van der Waals surface area contributed by atoms with Crippen molar-refractivity contribution in [2.45, 2.75) is 11.9 Å². The Labute approximate surface area is 58.7 Å². The molecule has 0 aliphatic carbocycles. The summed E-state index contributed by atoms with van der Waals surface area (Å²) in [6.45, 7) is 1.96. The van der Waals surface area contributed by atoms with E-state index in [9.17, 15) is 0 Å². The van der Waals surface area contributed by atoms with E-state index < -0.39 is 0 Å². The van der Waals surface area contributed by atoms with Gasteiger partial charge in [-0.25, -0.2) is 9.97 Å². The average Bonchev–Trinajstić information content (AvgIpc) is 1.88. The minimum Gasteiger partial charge on any atom is -0.242 e. The fraction of sp³-hybridized carbons (Fsp3) is 0.333. The highest BCUT2D eigenvalue weighted by molar-refractivity contribution is 7.98. The highest BCUT2D eigenvalue weighted by Gasteiger charge is 1.89. The molecular formula is C6H8N2S. The molecule has 0 fully saturated rings. The fourth-order valence-corrected chi connectivity index (χ4v) is 0.983. The zero-order chi connectivity index (χ0) is 6.69. The second-order valence-corrected chi connectivity index (χ2v) is 2.53. The van der Waals surface area contributed by atoms with Gasteiger partial charge in [0.25, 0.3) is 0 Å². The number of hydrogen-bond donors (Lipinski definition) is 0. The van der Waals surface area contributed by atoms with E-state index in [-0.39, 0.29) is 0 Å². The Morgan fingerprint density at radius 1 is 1.44 bits per heavy atom. The van der Waals surface area contributed by atoms with Gasteiger partial charge >= 0.3 is 0 Å². The Kier molecular flexibility index (Phi) is 2.05. The van der Waals surface area contributed by atoms with E-state index in [1.807, 2.05) is 19.2 Å². The lowest BCUT2D eigenvalue weighted by Crippen LogP contribution is -1.83. The lowest BCUT2D eigenvalue weighted by atomic mass is 10.5. The smallest absolute Gasteiger partial charge is 0.116 e. The molecule has 0 spiro atoms. The summed E-state index contributed by atoms with van der Waals surface area (Å²) in [5.74, 6) is 0.